The monoisotopic (exact) mass is 240 g/mol. The van der Waals surface area contributed by atoms with Gasteiger partial charge in [-0.25, -0.2) is 0 Å². The average molecular weight is 240 g/mol. The van der Waals surface area contributed by atoms with E-state index in [0.717, 1.165) is 0 Å². The minimum Gasteiger partial charge on any atom is -0.392 e. The predicted octanol–water partition coefficient (Wildman–Crippen LogP) is 1.06. The molecule has 1 heterocycles. The lowest BCUT2D eigenvalue weighted by atomic mass is 9.86. The zero-order valence-electron chi connectivity index (χ0n) is 9.65. The first-order valence-corrected chi connectivity index (χ1v) is 5.42. The van der Waals surface area contributed by atoms with Crippen LogP contribution >= 0.6 is 12.2 Å². The molecule has 0 aliphatic carbocycles. The number of aromatic nitrogens is 2. The highest BCUT2D eigenvalue weighted by Gasteiger charge is 2.34. The van der Waals surface area contributed by atoms with Crippen LogP contribution in [0.3, 0.4) is 0 Å². The minimum atomic E-state index is -0.820. The van der Waals surface area contributed by atoms with Crippen molar-refractivity contribution in [1.29, 1.82) is 0 Å². The molecular weight excluding hydrogens is 224 g/mol. The van der Waals surface area contributed by atoms with Crippen LogP contribution in [0.2, 0.25) is 0 Å². The maximum absolute atomic E-state index is 12.0. The molecule has 5 nitrogen and oxygen atoms in total. The number of rotatable bonds is 4. The van der Waals surface area contributed by atoms with Crippen molar-refractivity contribution in [1.82, 2.24) is 9.78 Å². The van der Waals surface area contributed by atoms with Gasteiger partial charge in [0.25, 0.3) is 0 Å². The molecule has 1 amide bonds. The predicted molar refractivity (Wildman–Crippen MR) is 67.0 cm³/mol. The first kappa shape index (κ1) is 12.6. The number of carbonyl (C=O) groups excluding carboxylic acids is 1. The highest BCUT2D eigenvalue weighted by atomic mass is 32.1. The molecule has 0 aliphatic rings. The molecule has 0 aromatic carbocycles. The number of amides is 1. The van der Waals surface area contributed by atoms with Crippen LogP contribution in [0.5, 0.6) is 0 Å². The van der Waals surface area contributed by atoms with E-state index in [-0.39, 0.29) is 10.9 Å². The largest absolute Gasteiger partial charge is 0.392 e. The molecule has 6 heteroatoms. The zero-order valence-corrected chi connectivity index (χ0v) is 10.5. The van der Waals surface area contributed by atoms with Crippen LogP contribution in [0.25, 0.3) is 0 Å². The summed E-state index contributed by atoms with van der Waals surface area (Å²) in [5, 5.41) is 6.72. The van der Waals surface area contributed by atoms with Crippen LogP contribution in [0, 0.1) is 5.41 Å². The van der Waals surface area contributed by atoms with Gasteiger partial charge in [-0.2, -0.15) is 5.10 Å². The number of anilines is 1. The second kappa shape index (κ2) is 4.61. The van der Waals surface area contributed by atoms with Gasteiger partial charge < -0.3 is 11.1 Å². The van der Waals surface area contributed by atoms with Gasteiger partial charge in [0, 0.05) is 13.1 Å². The van der Waals surface area contributed by atoms with Crippen LogP contribution in [0.1, 0.15) is 20.3 Å². The molecule has 0 fully saturated rings. The Morgan fingerprint density at radius 1 is 1.75 bits per heavy atom. The number of hydrogen-bond donors (Lipinski definition) is 2. The van der Waals surface area contributed by atoms with Crippen molar-refractivity contribution in [3.8, 4) is 0 Å². The topological polar surface area (TPSA) is 72.9 Å². The number of nitrogens with one attached hydrogen (secondary N) is 1. The highest BCUT2D eigenvalue weighted by molar-refractivity contribution is 7.80. The molecule has 0 saturated heterocycles. The summed E-state index contributed by atoms with van der Waals surface area (Å²) in [5.41, 5.74) is 4.78. The van der Waals surface area contributed by atoms with Gasteiger partial charge in [-0.05, 0) is 13.3 Å². The van der Waals surface area contributed by atoms with Gasteiger partial charge >= 0.3 is 0 Å². The SMILES string of the molecule is CCC(C)(C(=O)Nc1ccnn1C)C(N)=S. The molecule has 0 spiro atoms. The number of carbonyl (C=O) groups is 1. The maximum atomic E-state index is 12.0. The third-order valence-corrected chi connectivity index (χ3v) is 3.27. The standard InChI is InChI=1S/C10H16N4OS/c1-4-10(2,8(11)16)9(15)13-7-5-6-12-14(7)3/h5-6H,4H2,1-3H3,(H2,11,16)(H,13,15). The summed E-state index contributed by atoms with van der Waals surface area (Å²) in [6, 6.07) is 1.72. The van der Waals surface area contributed by atoms with Crippen molar-refractivity contribution in [2.45, 2.75) is 20.3 Å². The van der Waals surface area contributed by atoms with Gasteiger partial charge in [0.2, 0.25) is 5.91 Å². The minimum absolute atomic E-state index is 0.203. The Hall–Kier alpha value is -1.43. The summed E-state index contributed by atoms with van der Waals surface area (Å²) in [5.74, 6) is 0.423. The molecule has 1 unspecified atom stereocenters. The maximum Gasteiger partial charge on any atom is 0.238 e. The van der Waals surface area contributed by atoms with Gasteiger partial charge in [0.15, 0.2) is 0 Å². The van der Waals surface area contributed by atoms with Crippen LogP contribution < -0.4 is 11.1 Å². The summed E-state index contributed by atoms with van der Waals surface area (Å²) in [7, 11) is 1.75. The van der Waals surface area contributed by atoms with E-state index in [1.165, 1.54) is 0 Å². The molecule has 0 bridgehead atoms. The Labute approximate surface area is 100 Å². The first-order valence-electron chi connectivity index (χ1n) is 5.01. The van der Waals surface area contributed by atoms with Gasteiger partial charge in [-0.1, -0.05) is 19.1 Å². The van der Waals surface area contributed by atoms with E-state index < -0.39 is 5.41 Å². The molecule has 1 aromatic rings. The molecule has 1 aromatic heterocycles. The Bertz CT molecular complexity index is 415. The first-order chi connectivity index (χ1) is 7.41. The quantitative estimate of drug-likeness (QED) is 0.772. The van der Waals surface area contributed by atoms with Crippen molar-refractivity contribution >= 4 is 28.9 Å². The lowest BCUT2D eigenvalue weighted by molar-refractivity contribution is -0.121. The summed E-state index contributed by atoms with van der Waals surface area (Å²) in [4.78, 5) is 12.2. The van der Waals surface area contributed by atoms with Gasteiger partial charge in [0.1, 0.15) is 5.82 Å². The number of hydrogen-bond acceptors (Lipinski definition) is 3. The second-order valence-electron chi connectivity index (χ2n) is 3.84. The van der Waals surface area contributed by atoms with E-state index in [1.807, 2.05) is 6.92 Å². The average Bonchev–Trinajstić information content (AvgIpc) is 2.62. The number of nitrogens with two attached hydrogens (primary N) is 1. The molecule has 1 rings (SSSR count). The molecule has 0 aliphatic heterocycles. The molecular formula is C10H16N4OS. The second-order valence-corrected chi connectivity index (χ2v) is 4.28. The van der Waals surface area contributed by atoms with Crippen molar-refractivity contribution in [3.05, 3.63) is 12.3 Å². The summed E-state index contributed by atoms with van der Waals surface area (Å²) < 4.78 is 1.58. The molecule has 0 radical (unpaired) electrons. The summed E-state index contributed by atoms with van der Waals surface area (Å²) >= 11 is 4.93. The molecule has 88 valence electrons. The smallest absolute Gasteiger partial charge is 0.238 e. The van der Waals surface area contributed by atoms with Crippen molar-refractivity contribution in [2.24, 2.45) is 18.2 Å². The van der Waals surface area contributed by atoms with Crippen LogP contribution in [0.4, 0.5) is 5.82 Å². The molecule has 0 saturated carbocycles. The fraction of sp³-hybridized carbons (Fsp3) is 0.500. The Balaban J connectivity index is 2.87. The van der Waals surface area contributed by atoms with Gasteiger partial charge in [-0.3, -0.25) is 9.48 Å². The fourth-order valence-electron chi connectivity index (χ4n) is 1.20. The van der Waals surface area contributed by atoms with Gasteiger partial charge in [-0.15, -0.1) is 0 Å². The number of aryl methyl sites for hydroxylation is 1. The third-order valence-electron chi connectivity index (χ3n) is 2.81. The normalized spacial score (nSPS) is 14.2. The Morgan fingerprint density at radius 3 is 2.75 bits per heavy atom. The lowest BCUT2D eigenvalue weighted by Crippen LogP contribution is -2.43. The third kappa shape index (κ3) is 2.21. The molecule has 3 N–H and O–H groups in total. The van der Waals surface area contributed by atoms with E-state index in [1.54, 1.807) is 30.9 Å². The van der Waals surface area contributed by atoms with E-state index in [2.05, 4.69) is 10.4 Å². The van der Waals surface area contributed by atoms with Crippen molar-refractivity contribution in [2.75, 3.05) is 5.32 Å². The highest BCUT2D eigenvalue weighted by Crippen LogP contribution is 2.23. The van der Waals surface area contributed by atoms with Crippen LogP contribution in [-0.2, 0) is 11.8 Å². The lowest BCUT2D eigenvalue weighted by Gasteiger charge is -2.25. The number of thiocarbonyl (C=S) groups is 1. The van der Waals surface area contributed by atoms with Crippen molar-refractivity contribution in [3.63, 3.8) is 0 Å². The van der Waals surface area contributed by atoms with E-state index in [4.69, 9.17) is 18.0 Å². The van der Waals surface area contributed by atoms with Gasteiger partial charge in [0.05, 0.1) is 16.6 Å². The Morgan fingerprint density at radius 2 is 2.38 bits per heavy atom. The zero-order chi connectivity index (χ0) is 12.3. The fourth-order valence-corrected chi connectivity index (χ4v) is 1.43. The molecule has 16 heavy (non-hydrogen) atoms. The summed E-state index contributed by atoms with van der Waals surface area (Å²) in [6.07, 6.45) is 2.17. The van der Waals surface area contributed by atoms with E-state index >= 15 is 0 Å². The van der Waals surface area contributed by atoms with Crippen LogP contribution in [0.15, 0.2) is 12.3 Å². The van der Waals surface area contributed by atoms with Crippen molar-refractivity contribution < 1.29 is 4.79 Å². The van der Waals surface area contributed by atoms with E-state index in [0.29, 0.717) is 12.2 Å². The van der Waals surface area contributed by atoms with E-state index in [9.17, 15) is 4.79 Å². The number of nitrogens with zero attached hydrogens (tertiary/aromatic N) is 2. The molecule has 1 atom stereocenters. The Kier molecular flexibility index (Phi) is 3.64. The van der Waals surface area contributed by atoms with Crippen LogP contribution in [-0.4, -0.2) is 20.7 Å². The summed E-state index contributed by atoms with van der Waals surface area (Å²) in [6.45, 7) is 3.61.